The first kappa shape index (κ1) is 11.8. The van der Waals surface area contributed by atoms with Gasteiger partial charge in [0.1, 0.15) is 17.4 Å². The molecule has 2 heteroatoms. The molecule has 96 valence electrons. The van der Waals surface area contributed by atoms with Crippen LogP contribution in [0.5, 0.6) is 0 Å². The third-order valence-electron chi connectivity index (χ3n) is 4.44. The van der Waals surface area contributed by atoms with Gasteiger partial charge in [0.05, 0.1) is 0 Å². The maximum absolute atomic E-state index is 10.6. The van der Waals surface area contributed by atoms with Crippen molar-refractivity contribution in [2.75, 3.05) is 0 Å². The summed E-state index contributed by atoms with van der Waals surface area (Å²) in [5.74, 6) is 0.726. The fourth-order valence-corrected chi connectivity index (χ4v) is 3.16. The van der Waals surface area contributed by atoms with Gasteiger partial charge in [-0.25, -0.2) is 0 Å². The molecule has 1 aromatic carbocycles. The first-order valence-electron chi connectivity index (χ1n) is 6.77. The Morgan fingerprint density at radius 1 is 1.28 bits per heavy atom. The molecule has 1 aliphatic carbocycles. The van der Waals surface area contributed by atoms with E-state index < -0.39 is 6.10 Å². The Balaban J connectivity index is 2.01. The molecule has 2 nitrogen and oxygen atoms in total. The van der Waals surface area contributed by atoms with Crippen molar-refractivity contribution in [3.05, 3.63) is 35.6 Å². The maximum Gasteiger partial charge on any atom is 0.137 e. The van der Waals surface area contributed by atoms with Gasteiger partial charge in [-0.15, -0.1) is 0 Å². The monoisotopic (exact) mass is 244 g/mol. The van der Waals surface area contributed by atoms with E-state index >= 15 is 0 Å². The fourth-order valence-electron chi connectivity index (χ4n) is 3.16. The van der Waals surface area contributed by atoms with E-state index in [9.17, 15) is 5.11 Å². The Hall–Kier alpha value is -1.28. The maximum atomic E-state index is 10.6. The number of fused-ring (bicyclic) bond motifs is 1. The van der Waals surface area contributed by atoms with Crippen molar-refractivity contribution in [2.45, 2.75) is 45.6 Å². The molecule has 0 aliphatic heterocycles. The lowest BCUT2D eigenvalue weighted by Gasteiger charge is -2.28. The third kappa shape index (κ3) is 1.76. The zero-order valence-electron chi connectivity index (χ0n) is 11.1. The molecule has 3 rings (SSSR count). The topological polar surface area (TPSA) is 33.4 Å². The van der Waals surface area contributed by atoms with Crippen molar-refractivity contribution >= 4 is 11.0 Å². The van der Waals surface area contributed by atoms with Gasteiger partial charge in [0, 0.05) is 10.8 Å². The lowest BCUT2D eigenvalue weighted by molar-refractivity contribution is 0.0246. The normalized spacial score (nSPS) is 20.4. The van der Waals surface area contributed by atoms with E-state index in [1.54, 1.807) is 0 Å². The predicted octanol–water partition coefficient (Wildman–Crippen LogP) is 4.35. The van der Waals surface area contributed by atoms with Gasteiger partial charge in [-0.05, 0) is 31.4 Å². The first-order chi connectivity index (χ1) is 8.60. The van der Waals surface area contributed by atoms with E-state index in [0.717, 1.165) is 35.1 Å². The van der Waals surface area contributed by atoms with Crippen LogP contribution in [0.3, 0.4) is 0 Å². The molecule has 1 unspecified atom stereocenters. The SMILES string of the molecule is Cc1cccc2cc(C(O)C3(C)CCCC3)oc12. The second kappa shape index (κ2) is 4.13. The van der Waals surface area contributed by atoms with Gasteiger partial charge in [0.15, 0.2) is 0 Å². The van der Waals surface area contributed by atoms with Crippen LogP contribution in [0.2, 0.25) is 0 Å². The number of furan rings is 1. The second-order valence-electron chi connectivity index (χ2n) is 5.91. The van der Waals surface area contributed by atoms with E-state index in [1.807, 2.05) is 31.2 Å². The van der Waals surface area contributed by atoms with E-state index in [0.29, 0.717) is 0 Å². The summed E-state index contributed by atoms with van der Waals surface area (Å²) in [7, 11) is 0. The highest BCUT2D eigenvalue weighted by Gasteiger charge is 2.38. The van der Waals surface area contributed by atoms with E-state index in [4.69, 9.17) is 4.42 Å². The van der Waals surface area contributed by atoms with Crippen molar-refractivity contribution in [3.8, 4) is 0 Å². The molecule has 2 aromatic rings. The van der Waals surface area contributed by atoms with Crippen molar-refractivity contribution in [1.29, 1.82) is 0 Å². The van der Waals surface area contributed by atoms with Gasteiger partial charge >= 0.3 is 0 Å². The second-order valence-corrected chi connectivity index (χ2v) is 5.91. The van der Waals surface area contributed by atoms with Crippen LogP contribution in [0.1, 0.15) is 50.0 Å². The standard InChI is InChI=1S/C16H20O2/c1-11-6-5-7-12-10-13(18-14(11)12)15(17)16(2)8-3-4-9-16/h5-7,10,15,17H,3-4,8-9H2,1-2H3. The molecule has 0 saturated heterocycles. The van der Waals surface area contributed by atoms with Crippen molar-refractivity contribution in [3.63, 3.8) is 0 Å². The zero-order chi connectivity index (χ0) is 12.8. The van der Waals surface area contributed by atoms with Gasteiger partial charge in [-0.1, -0.05) is 38.0 Å². The minimum absolute atomic E-state index is 0.0121. The van der Waals surface area contributed by atoms with Crippen LogP contribution in [0.15, 0.2) is 28.7 Å². The van der Waals surface area contributed by atoms with Crippen LogP contribution in [-0.4, -0.2) is 5.11 Å². The van der Waals surface area contributed by atoms with E-state index in [-0.39, 0.29) is 5.41 Å². The van der Waals surface area contributed by atoms with Crippen LogP contribution < -0.4 is 0 Å². The van der Waals surface area contributed by atoms with Crippen LogP contribution in [-0.2, 0) is 0 Å². The van der Waals surface area contributed by atoms with Crippen LogP contribution in [0, 0.1) is 12.3 Å². The van der Waals surface area contributed by atoms with Gasteiger partial charge in [0.25, 0.3) is 0 Å². The van der Waals surface area contributed by atoms with Crippen molar-refractivity contribution in [1.82, 2.24) is 0 Å². The quantitative estimate of drug-likeness (QED) is 0.851. The Labute approximate surface area is 108 Å². The highest BCUT2D eigenvalue weighted by Crippen LogP contribution is 2.48. The molecule has 0 spiro atoms. The number of aliphatic hydroxyl groups excluding tert-OH is 1. The highest BCUT2D eigenvalue weighted by molar-refractivity contribution is 5.80. The van der Waals surface area contributed by atoms with Gasteiger partial charge in [-0.2, -0.15) is 0 Å². The van der Waals surface area contributed by atoms with Crippen molar-refractivity contribution < 1.29 is 9.52 Å². The number of para-hydroxylation sites is 1. The Kier molecular flexibility index (Phi) is 2.70. The first-order valence-corrected chi connectivity index (χ1v) is 6.77. The number of hydrogen-bond acceptors (Lipinski definition) is 2. The molecular formula is C16H20O2. The predicted molar refractivity (Wildman–Crippen MR) is 72.5 cm³/mol. The molecule has 0 bridgehead atoms. The Bertz CT molecular complexity index is 561. The number of aryl methyl sites for hydroxylation is 1. The summed E-state index contributed by atoms with van der Waals surface area (Å²) in [4.78, 5) is 0. The average molecular weight is 244 g/mol. The molecule has 1 heterocycles. The average Bonchev–Trinajstić information content (AvgIpc) is 2.96. The number of benzene rings is 1. The minimum Gasteiger partial charge on any atom is -0.458 e. The summed E-state index contributed by atoms with van der Waals surface area (Å²) in [5.41, 5.74) is 2.03. The molecule has 1 fully saturated rings. The molecule has 1 saturated carbocycles. The number of rotatable bonds is 2. The molecule has 1 aromatic heterocycles. The summed E-state index contributed by atoms with van der Waals surface area (Å²) < 4.78 is 5.89. The molecule has 0 radical (unpaired) electrons. The Morgan fingerprint density at radius 3 is 2.67 bits per heavy atom. The van der Waals surface area contributed by atoms with E-state index in [1.165, 1.54) is 12.8 Å². The lowest BCUT2D eigenvalue weighted by Crippen LogP contribution is -2.21. The van der Waals surface area contributed by atoms with Crippen LogP contribution in [0.25, 0.3) is 11.0 Å². The van der Waals surface area contributed by atoms with Gasteiger partial charge in [0.2, 0.25) is 0 Å². The van der Waals surface area contributed by atoms with Gasteiger partial charge in [-0.3, -0.25) is 0 Å². The number of aliphatic hydroxyl groups is 1. The van der Waals surface area contributed by atoms with Crippen LogP contribution in [0.4, 0.5) is 0 Å². The molecule has 1 aliphatic rings. The summed E-state index contributed by atoms with van der Waals surface area (Å²) in [5, 5.41) is 11.7. The summed E-state index contributed by atoms with van der Waals surface area (Å²) in [6.07, 6.45) is 4.13. The summed E-state index contributed by atoms with van der Waals surface area (Å²) in [6, 6.07) is 8.11. The Morgan fingerprint density at radius 2 is 2.00 bits per heavy atom. The molecular weight excluding hydrogens is 224 g/mol. The molecule has 0 amide bonds. The lowest BCUT2D eigenvalue weighted by atomic mass is 9.81. The van der Waals surface area contributed by atoms with Gasteiger partial charge < -0.3 is 9.52 Å². The molecule has 1 atom stereocenters. The smallest absolute Gasteiger partial charge is 0.137 e. The zero-order valence-corrected chi connectivity index (χ0v) is 11.1. The third-order valence-corrected chi connectivity index (χ3v) is 4.44. The van der Waals surface area contributed by atoms with E-state index in [2.05, 4.69) is 6.92 Å². The molecule has 1 N–H and O–H groups in total. The summed E-state index contributed by atoms with van der Waals surface area (Å²) in [6.45, 7) is 4.21. The highest BCUT2D eigenvalue weighted by atomic mass is 16.4. The number of hydrogen-bond donors (Lipinski definition) is 1. The van der Waals surface area contributed by atoms with Crippen LogP contribution >= 0.6 is 0 Å². The minimum atomic E-state index is -0.480. The largest absolute Gasteiger partial charge is 0.458 e. The molecule has 18 heavy (non-hydrogen) atoms. The van der Waals surface area contributed by atoms with Crippen molar-refractivity contribution in [2.24, 2.45) is 5.41 Å². The fraction of sp³-hybridized carbons (Fsp3) is 0.500. The summed E-state index contributed by atoms with van der Waals surface area (Å²) >= 11 is 0.